The van der Waals surface area contributed by atoms with E-state index in [0.29, 0.717) is 11.5 Å². The Balaban J connectivity index is 2.16. The quantitative estimate of drug-likeness (QED) is 0.499. The number of oxime groups is 1. The van der Waals surface area contributed by atoms with Gasteiger partial charge in [0.15, 0.2) is 0 Å². The van der Waals surface area contributed by atoms with Crippen LogP contribution in [-0.2, 0) is 0 Å². The van der Waals surface area contributed by atoms with Crippen LogP contribution in [0.1, 0.15) is 18.1 Å². The van der Waals surface area contributed by atoms with E-state index in [9.17, 15) is 5.21 Å². The lowest BCUT2D eigenvalue weighted by molar-refractivity contribution is 0.123. The highest BCUT2D eigenvalue weighted by Gasteiger charge is 2.07. The molecule has 0 bridgehead atoms. The average molecular weight is 271 g/mol. The van der Waals surface area contributed by atoms with Crippen LogP contribution in [0.2, 0.25) is 0 Å². The molecule has 1 atom stereocenters. The molecule has 0 aliphatic carbocycles. The van der Waals surface area contributed by atoms with Gasteiger partial charge in [-0.05, 0) is 31.2 Å². The van der Waals surface area contributed by atoms with Gasteiger partial charge in [0.05, 0.1) is 6.10 Å². The fraction of sp³-hybridized carbons (Fsp3) is 0.188. The van der Waals surface area contributed by atoms with Crippen LogP contribution in [0.25, 0.3) is 0 Å². The van der Waals surface area contributed by atoms with Gasteiger partial charge >= 0.3 is 0 Å². The Morgan fingerprint density at radius 1 is 1.05 bits per heavy atom. The van der Waals surface area contributed by atoms with Crippen LogP contribution in [0.4, 0.5) is 0 Å². The molecule has 0 aliphatic heterocycles. The van der Waals surface area contributed by atoms with E-state index in [0.717, 1.165) is 11.1 Å². The summed E-state index contributed by atoms with van der Waals surface area (Å²) in [7, 11) is 0. The van der Waals surface area contributed by atoms with Crippen molar-refractivity contribution >= 4 is 5.71 Å². The normalized spacial score (nSPS) is 13.0. The number of benzene rings is 2. The lowest BCUT2D eigenvalue weighted by atomic mass is 10.0. The molecule has 1 unspecified atom stereocenters. The first-order chi connectivity index (χ1) is 9.70. The summed E-state index contributed by atoms with van der Waals surface area (Å²) in [6.45, 7) is 1.92. The SMILES string of the molecule is CC(O)COc1ccc(/C(=N/O)c2ccccc2)cc1. The molecule has 2 aromatic rings. The van der Waals surface area contributed by atoms with Crippen molar-refractivity contribution in [3.8, 4) is 5.75 Å². The van der Waals surface area contributed by atoms with Crippen LogP contribution in [0.3, 0.4) is 0 Å². The summed E-state index contributed by atoms with van der Waals surface area (Å²) in [5, 5.41) is 21.7. The Morgan fingerprint density at radius 3 is 2.20 bits per heavy atom. The minimum absolute atomic E-state index is 0.249. The van der Waals surface area contributed by atoms with Crippen molar-refractivity contribution in [2.24, 2.45) is 5.16 Å². The number of aliphatic hydroxyl groups excluding tert-OH is 1. The molecular formula is C16H17NO3. The third-order valence-electron chi connectivity index (χ3n) is 2.77. The molecule has 0 radical (unpaired) electrons. The third-order valence-corrected chi connectivity index (χ3v) is 2.77. The maximum absolute atomic E-state index is 9.20. The van der Waals surface area contributed by atoms with Crippen LogP contribution in [0.15, 0.2) is 59.8 Å². The lowest BCUT2D eigenvalue weighted by Gasteiger charge is -2.09. The van der Waals surface area contributed by atoms with Crippen LogP contribution < -0.4 is 4.74 Å². The van der Waals surface area contributed by atoms with Gasteiger partial charge in [-0.15, -0.1) is 0 Å². The standard InChI is InChI=1S/C16H17NO3/c1-12(18)11-20-15-9-7-14(8-10-15)16(17-19)13-5-3-2-4-6-13/h2-10,12,18-19H,11H2,1H3/b17-16+. The molecule has 0 saturated carbocycles. The molecule has 0 aromatic heterocycles. The average Bonchev–Trinajstić information content (AvgIpc) is 2.48. The van der Waals surface area contributed by atoms with Gasteiger partial charge in [0.1, 0.15) is 18.1 Å². The Bertz CT molecular complexity index is 562. The van der Waals surface area contributed by atoms with E-state index >= 15 is 0 Å². The molecule has 0 aliphatic rings. The summed E-state index contributed by atoms with van der Waals surface area (Å²) in [6, 6.07) is 16.7. The lowest BCUT2D eigenvalue weighted by Crippen LogP contribution is -2.12. The molecule has 0 spiro atoms. The Hall–Kier alpha value is -2.33. The molecule has 4 heteroatoms. The first kappa shape index (κ1) is 14.1. The Morgan fingerprint density at radius 2 is 1.65 bits per heavy atom. The first-order valence-corrected chi connectivity index (χ1v) is 6.39. The van der Waals surface area contributed by atoms with Gasteiger partial charge in [0.2, 0.25) is 0 Å². The van der Waals surface area contributed by atoms with Gasteiger partial charge in [-0.2, -0.15) is 0 Å². The van der Waals surface area contributed by atoms with Gasteiger partial charge in [0, 0.05) is 11.1 Å². The predicted octanol–water partition coefficient (Wildman–Crippen LogP) is 2.67. The summed E-state index contributed by atoms with van der Waals surface area (Å²) in [4.78, 5) is 0. The number of hydrogen-bond donors (Lipinski definition) is 2. The van der Waals surface area contributed by atoms with Crippen LogP contribution in [0, 0.1) is 0 Å². The van der Waals surface area contributed by atoms with Crippen LogP contribution in [0.5, 0.6) is 5.75 Å². The van der Waals surface area contributed by atoms with E-state index in [2.05, 4.69) is 5.16 Å². The monoisotopic (exact) mass is 271 g/mol. The summed E-state index contributed by atoms with van der Waals surface area (Å²) in [6.07, 6.45) is -0.506. The number of ether oxygens (including phenoxy) is 1. The maximum atomic E-state index is 9.20. The molecule has 0 amide bonds. The second kappa shape index (κ2) is 6.73. The first-order valence-electron chi connectivity index (χ1n) is 6.39. The second-order valence-corrected chi connectivity index (χ2v) is 4.50. The van der Waals surface area contributed by atoms with Crippen LogP contribution in [-0.4, -0.2) is 28.7 Å². The fourth-order valence-electron chi connectivity index (χ4n) is 1.80. The molecule has 0 heterocycles. The summed E-state index contributed by atoms with van der Waals surface area (Å²) in [5.41, 5.74) is 2.14. The zero-order valence-corrected chi connectivity index (χ0v) is 11.2. The molecule has 0 fully saturated rings. The molecule has 4 nitrogen and oxygen atoms in total. The van der Waals surface area contributed by atoms with Gasteiger partial charge in [-0.1, -0.05) is 35.5 Å². The maximum Gasteiger partial charge on any atom is 0.119 e. The minimum Gasteiger partial charge on any atom is -0.491 e. The Kier molecular flexibility index (Phi) is 4.74. The van der Waals surface area contributed by atoms with Crippen molar-refractivity contribution in [3.63, 3.8) is 0 Å². The van der Waals surface area contributed by atoms with E-state index in [4.69, 9.17) is 9.84 Å². The topological polar surface area (TPSA) is 62.0 Å². The molecule has 2 rings (SSSR count). The highest BCUT2D eigenvalue weighted by Crippen LogP contribution is 2.16. The second-order valence-electron chi connectivity index (χ2n) is 4.50. The molecular weight excluding hydrogens is 254 g/mol. The van der Waals surface area contributed by atoms with Crippen molar-refractivity contribution in [2.45, 2.75) is 13.0 Å². The number of nitrogens with zero attached hydrogens (tertiary/aromatic N) is 1. The van der Waals surface area contributed by atoms with E-state index in [1.54, 1.807) is 19.1 Å². The van der Waals surface area contributed by atoms with E-state index < -0.39 is 6.10 Å². The van der Waals surface area contributed by atoms with Crippen molar-refractivity contribution in [1.82, 2.24) is 0 Å². The number of aliphatic hydroxyl groups is 1. The zero-order valence-electron chi connectivity index (χ0n) is 11.2. The van der Waals surface area contributed by atoms with Crippen LogP contribution >= 0.6 is 0 Å². The summed E-state index contributed by atoms with van der Waals surface area (Å²) >= 11 is 0. The third kappa shape index (κ3) is 3.59. The number of hydrogen-bond acceptors (Lipinski definition) is 4. The smallest absolute Gasteiger partial charge is 0.119 e. The minimum atomic E-state index is -0.506. The molecule has 2 aromatic carbocycles. The molecule has 20 heavy (non-hydrogen) atoms. The van der Waals surface area contributed by atoms with Gasteiger partial charge in [-0.25, -0.2) is 0 Å². The summed E-state index contributed by atoms with van der Waals surface area (Å²) < 4.78 is 5.39. The van der Waals surface area contributed by atoms with E-state index in [1.165, 1.54) is 0 Å². The fourth-order valence-corrected chi connectivity index (χ4v) is 1.80. The van der Waals surface area contributed by atoms with Crippen molar-refractivity contribution < 1.29 is 15.1 Å². The highest BCUT2D eigenvalue weighted by molar-refractivity contribution is 6.12. The number of rotatable bonds is 5. The van der Waals surface area contributed by atoms with Gasteiger partial charge in [-0.3, -0.25) is 0 Å². The van der Waals surface area contributed by atoms with Crippen molar-refractivity contribution in [3.05, 3.63) is 65.7 Å². The molecule has 0 saturated heterocycles. The molecule has 2 N–H and O–H groups in total. The van der Waals surface area contributed by atoms with Gasteiger partial charge < -0.3 is 15.1 Å². The van der Waals surface area contributed by atoms with Crippen molar-refractivity contribution in [1.29, 1.82) is 0 Å². The summed E-state index contributed by atoms with van der Waals surface area (Å²) in [5.74, 6) is 0.667. The molecule has 104 valence electrons. The highest BCUT2D eigenvalue weighted by atomic mass is 16.5. The van der Waals surface area contributed by atoms with Gasteiger partial charge in [0.25, 0.3) is 0 Å². The van der Waals surface area contributed by atoms with Crippen molar-refractivity contribution in [2.75, 3.05) is 6.61 Å². The largest absolute Gasteiger partial charge is 0.491 e. The van der Waals surface area contributed by atoms with E-state index in [1.807, 2.05) is 42.5 Å². The zero-order chi connectivity index (χ0) is 14.4. The van der Waals surface area contributed by atoms with E-state index in [-0.39, 0.29) is 6.61 Å². The Labute approximate surface area is 117 Å². The predicted molar refractivity (Wildman–Crippen MR) is 77.5 cm³/mol.